The zero-order valence-electron chi connectivity index (χ0n) is 29.9. The van der Waals surface area contributed by atoms with Crippen LogP contribution in [0.1, 0.15) is 17.2 Å². The Morgan fingerprint density at radius 3 is 1.13 bits per heavy atom. The molecule has 55 heavy (non-hydrogen) atoms. The molecule has 1 unspecified atom stereocenters. The summed E-state index contributed by atoms with van der Waals surface area (Å²) in [5, 5.41) is 23.7. The van der Waals surface area contributed by atoms with Crippen LogP contribution in [0.2, 0.25) is 0 Å². The van der Waals surface area contributed by atoms with E-state index in [9.17, 15) is 10.2 Å². The number of nitrogens with zero attached hydrogens (tertiary/aromatic N) is 2. The van der Waals surface area contributed by atoms with Gasteiger partial charge in [0, 0.05) is 53.4 Å². The van der Waals surface area contributed by atoms with E-state index in [0.29, 0.717) is 0 Å². The Kier molecular flexibility index (Phi) is 9.33. The minimum atomic E-state index is -0.679. The zero-order valence-corrected chi connectivity index (χ0v) is 33.2. The number of aromatic hydroxyl groups is 1. The Morgan fingerprint density at radius 2 is 0.782 bits per heavy atom. The summed E-state index contributed by atoms with van der Waals surface area (Å²) in [4.78, 5) is 11.2. The highest BCUT2D eigenvalue weighted by molar-refractivity contribution is 7.30. The van der Waals surface area contributed by atoms with Gasteiger partial charge >= 0.3 is 0 Å². The fourth-order valence-electron chi connectivity index (χ4n) is 6.74. The normalized spacial score (nSPS) is 13.0. The molecule has 0 amide bonds. The standard InChI is InChI=1S/C44H34N2O5S4/c1-49-31-14-6-27(7-15-31)45(26-4-12-30(47)13-5-26)40-22-20-36(52-40)38-24-34-42(48)35-25-39(55-44(35)43(34)54-38)37-21-23-41(53-37)46(28-8-16-32(50-2)17-9-28)29-10-18-33(51-3)19-11-29/h4-25,42,47-48H,1-3H3. The molecule has 9 rings (SSSR count). The van der Waals surface area contributed by atoms with Gasteiger partial charge in [0.2, 0.25) is 0 Å². The van der Waals surface area contributed by atoms with Crippen molar-refractivity contribution in [3.05, 3.63) is 145 Å². The van der Waals surface area contributed by atoms with Gasteiger partial charge in [-0.2, -0.15) is 0 Å². The van der Waals surface area contributed by atoms with Gasteiger partial charge in [0.25, 0.3) is 0 Å². The Labute approximate surface area is 334 Å². The summed E-state index contributed by atoms with van der Waals surface area (Å²) in [6.45, 7) is 0. The van der Waals surface area contributed by atoms with Crippen LogP contribution in [0.4, 0.5) is 32.8 Å². The quantitative estimate of drug-likeness (QED) is 0.135. The number of hydrogen-bond donors (Lipinski definition) is 2. The Bertz CT molecular complexity index is 2540. The number of benzene rings is 4. The van der Waals surface area contributed by atoms with Gasteiger partial charge in [-0.25, -0.2) is 0 Å². The number of methoxy groups -OCH3 is 3. The predicted octanol–water partition coefficient (Wildman–Crippen LogP) is 13.0. The van der Waals surface area contributed by atoms with Crippen molar-refractivity contribution >= 4 is 78.1 Å². The maximum absolute atomic E-state index is 11.6. The molecule has 0 spiro atoms. The van der Waals surface area contributed by atoms with Gasteiger partial charge in [-0.15, -0.1) is 45.3 Å². The molecule has 2 N–H and O–H groups in total. The van der Waals surface area contributed by atoms with Crippen LogP contribution in [0, 0.1) is 0 Å². The van der Waals surface area contributed by atoms with E-state index in [2.05, 4.69) is 70.5 Å². The monoisotopic (exact) mass is 798 g/mol. The molecular formula is C44H34N2O5S4. The molecule has 274 valence electrons. The largest absolute Gasteiger partial charge is 0.508 e. The first-order valence-corrected chi connectivity index (χ1v) is 20.6. The van der Waals surface area contributed by atoms with Gasteiger partial charge in [0.1, 0.15) is 39.1 Å². The number of rotatable bonds is 11. The Hall–Kier alpha value is -5.56. The second-order valence-electron chi connectivity index (χ2n) is 12.7. The van der Waals surface area contributed by atoms with Crippen molar-refractivity contribution in [1.82, 2.24) is 0 Å². The van der Waals surface area contributed by atoms with Gasteiger partial charge in [-0.1, -0.05) is 0 Å². The summed E-state index contributed by atoms with van der Waals surface area (Å²) in [5.41, 5.74) is 5.88. The van der Waals surface area contributed by atoms with E-state index in [4.69, 9.17) is 14.2 Å². The number of hydrogen-bond acceptors (Lipinski definition) is 11. The minimum Gasteiger partial charge on any atom is -0.508 e. The van der Waals surface area contributed by atoms with E-state index in [1.165, 1.54) is 0 Å². The summed E-state index contributed by atoms with van der Waals surface area (Å²) >= 11 is 6.88. The molecule has 1 atom stereocenters. The molecule has 11 heteroatoms. The molecule has 7 nitrogen and oxygen atoms in total. The van der Waals surface area contributed by atoms with E-state index in [-0.39, 0.29) is 5.75 Å². The average molecular weight is 799 g/mol. The van der Waals surface area contributed by atoms with Crippen molar-refractivity contribution in [3.8, 4) is 52.3 Å². The van der Waals surface area contributed by atoms with Crippen LogP contribution in [0.15, 0.2) is 133 Å². The van der Waals surface area contributed by atoms with Crippen LogP contribution in [-0.4, -0.2) is 31.5 Å². The lowest BCUT2D eigenvalue weighted by atomic mass is 10.1. The molecule has 1 aliphatic rings. The molecule has 4 heterocycles. The van der Waals surface area contributed by atoms with Gasteiger partial charge in [-0.05, 0) is 133 Å². The third-order valence-corrected chi connectivity index (χ3v) is 14.5. The highest BCUT2D eigenvalue weighted by atomic mass is 32.1. The van der Waals surface area contributed by atoms with Gasteiger partial charge in [0.15, 0.2) is 0 Å². The van der Waals surface area contributed by atoms with E-state index in [1.54, 1.807) is 78.8 Å². The van der Waals surface area contributed by atoms with Crippen molar-refractivity contribution in [2.75, 3.05) is 31.1 Å². The summed E-state index contributed by atoms with van der Waals surface area (Å²) in [7, 11) is 5.01. The molecule has 8 aromatic rings. The highest BCUT2D eigenvalue weighted by Gasteiger charge is 2.33. The smallest absolute Gasteiger partial charge is 0.119 e. The van der Waals surface area contributed by atoms with Gasteiger partial charge < -0.3 is 34.2 Å². The van der Waals surface area contributed by atoms with Gasteiger partial charge in [-0.3, -0.25) is 0 Å². The molecule has 0 radical (unpaired) electrons. The van der Waals surface area contributed by atoms with Gasteiger partial charge in [0.05, 0.1) is 31.1 Å². The zero-order chi connectivity index (χ0) is 37.6. The summed E-state index contributed by atoms with van der Waals surface area (Å²) in [5.74, 6) is 2.61. The van der Waals surface area contributed by atoms with Crippen molar-refractivity contribution in [2.45, 2.75) is 6.10 Å². The number of anilines is 6. The van der Waals surface area contributed by atoms with Crippen LogP contribution in [0.5, 0.6) is 23.0 Å². The van der Waals surface area contributed by atoms with E-state index in [1.807, 2.05) is 60.7 Å². The fraction of sp³-hybridized carbons (Fsp3) is 0.0909. The first-order valence-electron chi connectivity index (χ1n) is 17.4. The van der Waals surface area contributed by atoms with Crippen molar-refractivity contribution in [3.63, 3.8) is 0 Å². The Balaban J connectivity index is 1.02. The third kappa shape index (κ3) is 6.53. The summed E-state index contributed by atoms with van der Waals surface area (Å²) in [6, 6.07) is 44.3. The number of fused-ring (bicyclic) bond motifs is 3. The molecule has 0 saturated carbocycles. The predicted molar refractivity (Wildman–Crippen MR) is 229 cm³/mol. The van der Waals surface area contributed by atoms with Crippen molar-refractivity contribution < 1.29 is 24.4 Å². The van der Waals surface area contributed by atoms with Crippen molar-refractivity contribution in [2.24, 2.45) is 0 Å². The lowest BCUT2D eigenvalue weighted by Gasteiger charge is -2.24. The van der Waals surface area contributed by atoms with E-state index in [0.717, 1.165) is 90.4 Å². The second-order valence-corrected chi connectivity index (χ2v) is 17.0. The number of ether oxygens (including phenoxy) is 3. The third-order valence-electron chi connectivity index (χ3n) is 9.53. The number of phenolic OH excluding ortho intramolecular Hbond substituents is 1. The first-order chi connectivity index (χ1) is 26.9. The first kappa shape index (κ1) is 35.2. The lowest BCUT2D eigenvalue weighted by Crippen LogP contribution is -2.08. The minimum absolute atomic E-state index is 0.219. The van der Waals surface area contributed by atoms with Crippen LogP contribution in [0.25, 0.3) is 29.3 Å². The van der Waals surface area contributed by atoms with E-state index >= 15 is 0 Å². The molecule has 0 fully saturated rings. The molecular weight excluding hydrogens is 765 g/mol. The summed E-state index contributed by atoms with van der Waals surface area (Å²) in [6.07, 6.45) is -0.679. The number of aliphatic hydroxyl groups excluding tert-OH is 1. The molecule has 1 aliphatic carbocycles. The topological polar surface area (TPSA) is 74.6 Å². The SMILES string of the molecule is COc1ccc(N(c2ccc(O)cc2)c2ccc(-c3cc4c(s3)-c3sc(-c5ccc(N(c6ccc(OC)cc6)c6ccc(OC)cc6)s5)cc3C4O)s2)cc1. The molecule has 4 aromatic carbocycles. The van der Waals surface area contributed by atoms with Crippen LogP contribution >= 0.6 is 45.3 Å². The van der Waals surface area contributed by atoms with Crippen LogP contribution in [0.3, 0.4) is 0 Å². The van der Waals surface area contributed by atoms with Crippen LogP contribution < -0.4 is 24.0 Å². The molecule has 4 aromatic heterocycles. The molecule has 0 saturated heterocycles. The number of phenols is 1. The highest BCUT2D eigenvalue weighted by Crippen LogP contribution is 2.57. The number of aliphatic hydroxyl groups is 1. The van der Waals surface area contributed by atoms with Crippen LogP contribution in [-0.2, 0) is 0 Å². The number of thiophene rings is 4. The maximum atomic E-state index is 11.6. The lowest BCUT2D eigenvalue weighted by molar-refractivity contribution is 0.226. The van der Waals surface area contributed by atoms with E-state index < -0.39 is 6.10 Å². The second kappa shape index (κ2) is 14.6. The fourth-order valence-corrected chi connectivity index (χ4v) is 11.6. The Morgan fingerprint density at radius 1 is 0.436 bits per heavy atom. The van der Waals surface area contributed by atoms with Crippen molar-refractivity contribution in [1.29, 1.82) is 0 Å². The molecule has 0 aliphatic heterocycles. The maximum Gasteiger partial charge on any atom is 0.119 e. The summed E-state index contributed by atoms with van der Waals surface area (Å²) < 4.78 is 16.3. The molecule has 0 bridgehead atoms. The average Bonchev–Trinajstić information content (AvgIpc) is 4.07.